The first kappa shape index (κ1) is 25.0. The normalized spacial score (nSPS) is 11.0. The molecule has 1 heterocycles. The van der Waals surface area contributed by atoms with Crippen LogP contribution in [0.5, 0.6) is 11.5 Å². The van der Waals surface area contributed by atoms with Crippen LogP contribution in [0.4, 0.5) is 10.2 Å². The molecule has 0 saturated heterocycles. The van der Waals surface area contributed by atoms with E-state index in [0.29, 0.717) is 23.9 Å². The van der Waals surface area contributed by atoms with Crippen molar-refractivity contribution < 1.29 is 18.7 Å². The maximum absolute atomic E-state index is 13.1. The lowest BCUT2D eigenvalue weighted by Gasteiger charge is -2.11. The van der Waals surface area contributed by atoms with Crippen LogP contribution in [-0.4, -0.2) is 22.8 Å². The van der Waals surface area contributed by atoms with E-state index in [2.05, 4.69) is 10.4 Å². The first-order valence-corrected chi connectivity index (χ1v) is 11.6. The fourth-order valence-electron chi connectivity index (χ4n) is 3.55. The molecular formula is C28H25ClFN3O3. The third-order valence-corrected chi connectivity index (χ3v) is 5.61. The number of hydrogen-bond acceptors (Lipinski definition) is 4. The van der Waals surface area contributed by atoms with E-state index < -0.39 is 0 Å². The zero-order chi connectivity index (χ0) is 25.5. The van der Waals surface area contributed by atoms with E-state index in [-0.39, 0.29) is 17.5 Å². The molecule has 36 heavy (non-hydrogen) atoms. The largest absolute Gasteiger partial charge is 0.496 e. The molecule has 0 aliphatic rings. The van der Waals surface area contributed by atoms with Crippen molar-refractivity contribution in [2.75, 3.05) is 12.4 Å². The predicted octanol–water partition coefficient (Wildman–Crippen LogP) is 6.27. The van der Waals surface area contributed by atoms with Crippen molar-refractivity contribution in [2.24, 2.45) is 0 Å². The summed E-state index contributed by atoms with van der Waals surface area (Å²) in [5, 5.41) is 7.30. The van der Waals surface area contributed by atoms with Crippen LogP contribution in [-0.2, 0) is 17.9 Å². The van der Waals surface area contributed by atoms with Crippen LogP contribution in [0, 0.1) is 12.7 Å². The molecule has 1 aromatic heterocycles. The Kier molecular flexibility index (Phi) is 8.02. The highest BCUT2D eigenvalue weighted by molar-refractivity contribution is 6.33. The van der Waals surface area contributed by atoms with Gasteiger partial charge in [0.2, 0.25) is 5.91 Å². The number of anilines is 1. The van der Waals surface area contributed by atoms with E-state index >= 15 is 0 Å². The highest BCUT2D eigenvalue weighted by Crippen LogP contribution is 2.24. The summed E-state index contributed by atoms with van der Waals surface area (Å²) in [7, 11) is 1.60. The first-order chi connectivity index (χ1) is 17.4. The lowest BCUT2D eigenvalue weighted by Crippen LogP contribution is -2.09. The third kappa shape index (κ3) is 6.73. The quantitative estimate of drug-likeness (QED) is 0.272. The topological polar surface area (TPSA) is 65.4 Å². The van der Waals surface area contributed by atoms with E-state index in [1.165, 1.54) is 18.2 Å². The van der Waals surface area contributed by atoms with Gasteiger partial charge in [0.05, 0.1) is 13.7 Å². The van der Waals surface area contributed by atoms with Crippen LogP contribution in [0.15, 0.2) is 79.0 Å². The van der Waals surface area contributed by atoms with Gasteiger partial charge in [-0.2, -0.15) is 5.10 Å². The minimum atomic E-state index is -0.377. The second kappa shape index (κ2) is 11.6. The number of nitrogens with zero attached hydrogens (tertiary/aromatic N) is 2. The molecule has 1 N–H and O–H groups in total. The van der Waals surface area contributed by atoms with E-state index in [9.17, 15) is 9.18 Å². The van der Waals surface area contributed by atoms with Crippen molar-refractivity contribution in [1.82, 2.24) is 9.78 Å². The Bertz CT molecular complexity index is 1380. The van der Waals surface area contributed by atoms with Gasteiger partial charge in [0.1, 0.15) is 28.9 Å². The Morgan fingerprint density at radius 2 is 1.94 bits per heavy atom. The van der Waals surface area contributed by atoms with Gasteiger partial charge in [-0.25, -0.2) is 4.39 Å². The van der Waals surface area contributed by atoms with E-state index in [0.717, 1.165) is 28.0 Å². The fourth-order valence-corrected chi connectivity index (χ4v) is 3.75. The molecule has 0 saturated carbocycles. The van der Waals surface area contributed by atoms with Gasteiger partial charge in [-0.05, 0) is 66.1 Å². The minimum absolute atomic E-state index is 0.246. The molecule has 0 bridgehead atoms. The molecule has 6 nitrogen and oxygen atoms in total. The zero-order valence-corrected chi connectivity index (χ0v) is 20.6. The number of halogens is 2. The number of ether oxygens (including phenoxy) is 2. The van der Waals surface area contributed by atoms with Gasteiger partial charge < -0.3 is 14.8 Å². The van der Waals surface area contributed by atoms with Gasteiger partial charge in [0, 0.05) is 17.8 Å². The second-order valence-corrected chi connectivity index (χ2v) is 8.56. The van der Waals surface area contributed by atoms with Gasteiger partial charge >= 0.3 is 0 Å². The average molecular weight is 506 g/mol. The van der Waals surface area contributed by atoms with Gasteiger partial charge in [0.25, 0.3) is 0 Å². The van der Waals surface area contributed by atoms with Gasteiger partial charge in [-0.3, -0.25) is 9.48 Å². The summed E-state index contributed by atoms with van der Waals surface area (Å²) in [5.41, 5.74) is 3.63. The van der Waals surface area contributed by atoms with Crippen molar-refractivity contribution in [2.45, 2.75) is 20.1 Å². The number of aryl methyl sites for hydroxylation is 1. The Labute approximate surface area is 213 Å². The molecule has 0 aliphatic carbocycles. The Hall–Kier alpha value is -4.10. The number of methoxy groups -OCH3 is 1. The summed E-state index contributed by atoms with van der Waals surface area (Å²) < 4.78 is 26.1. The number of carbonyl (C=O) groups is 1. The number of aromatic nitrogens is 2. The average Bonchev–Trinajstić information content (AvgIpc) is 3.21. The fraction of sp³-hybridized carbons (Fsp3) is 0.143. The lowest BCUT2D eigenvalue weighted by molar-refractivity contribution is -0.111. The molecule has 0 radical (unpaired) electrons. The number of rotatable bonds is 9. The summed E-state index contributed by atoms with van der Waals surface area (Å²) in [6.45, 7) is 2.72. The first-order valence-electron chi connectivity index (χ1n) is 11.2. The van der Waals surface area contributed by atoms with E-state index in [4.69, 9.17) is 21.1 Å². The molecule has 3 aromatic carbocycles. The molecule has 0 unspecified atom stereocenters. The van der Waals surface area contributed by atoms with Crippen LogP contribution >= 0.6 is 11.6 Å². The highest BCUT2D eigenvalue weighted by atomic mass is 35.5. The number of nitrogens with one attached hydrogen (secondary N) is 1. The van der Waals surface area contributed by atoms with Crippen molar-refractivity contribution in [3.63, 3.8) is 0 Å². The highest BCUT2D eigenvalue weighted by Gasteiger charge is 2.10. The number of amides is 1. The molecule has 1 amide bonds. The maximum Gasteiger partial charge on any atom is 0.249 e. The van der Waals surface area contributed by atoms with Crippen molar-refractivity contribution in [3.05, 3.63) is 112 Å². The molecule has 4 rings (SSSR count). The molecule has 8 heteroatoms. The van der Waals surface area contributed by atoms with Crippen LogP contribution in [0.3, 0.4) is 0 Å². The molecular weight excluding hydrogens is 481 g/mol. The number of hydrogen-bond donors (Lipinski definition) is 1. The Morgan fingerprint density at radius 3 is 2.69 bits per heavy atom. The monoisotopic (exact) mass is 505 g/mol. The standard InChI is InChI=1S/C28H25ClFN3O3/c1-19-4-3-5-24(14-19)36-18-22-15-20(8-12-26(22)35-2)9-13-27(34)31-28-25(29)17-33(32-28)16-21-6-10-23(30)11-7-21/h3-15,17H,16,18H2,1-2H3,(H,31,32,34)/b13-9+. The lowest BCUT2D eigenvalue weighted by atomic mass is 10.1. The molecule has 0 atom stereocenters. The van der Waals surface area contributed by atoms with Crippen LogP contribution in [0.25, 0.3) is 6.08 Å². The van der Waals surface area contributed by atoms with Crippen LogP contribution in [0.1, 0.15) is 22.3 Å². The molecule has 0 aliphatic heterocycles. The molecule has 184 valence electrons. The Balaban J connectivity index is 1.39. The molecule has 4 aromatic rings. The summed E-state index contributed by atoms with van der Waals surface area (Å²) in [4.78, 5) is 12.5. The van der Waals surface area contributed by atoms with Gasteiger partial charge in [0.15, 0.2) is 5.82 Å². The number of carbonyl (C=O) groups excluding carboxylic acids is 1. The van der Waals surface area contributed by atoms with Crippen molar-refractivity contribution in [3.8, 4) is 11.5 Å². The second-order valence-electron chi connectivity index (χ2n) is 8.15. The van der Waals surface area contributed by atoms with Crippen LogP contribution in [0.2, 0.25) is 5.02 Å². The van der Waals surface area contributed by atoms with Crippen molar-refractivity contribution >= 4 is 29.4 Å². The molecule has 0 spiro atoms. The van der Waals surface area contributed by atoms with Gasteiger partial charge in [-0.15, -0.1) is 0 Å². The van der Waals surface area contributed by atoms with E-state index in [1.807, 2.05) is 49.4 Å². The predicted molar refractivity (Wildman–Crippen MR) is 139 cm³/mol. The number of benzene rings is 3. The third-order valence-electron chi connectivity index (χ3n) is 5.33. The van der Waals surface area contributed by atoms with Crippen molar-refractivity contribution in [1.29, 1.82) is 0 Å². The summed E-state index contributed by atoms with van der Waals surface area (Å²) >= 11 is 6.24. The Morgan fingerprint density at radius 1 is 1.14 bits per heavy atom. The SMILES string of the molecule is COc1ccc(/C=C/C(=O)Nc2nn(Cc3ccc(F)cc3)cc2Cl)cc1COc1cccc(C)c1. The zero-order valence-electron chi connectivity index (χ0n) is 19.9. The van der Waals surface area contributed by atoms with Gasteiger partial charge in [-0.1, -0.05) is 41.9 Å². The maximum atomic E-state index is 13.1. The summed E-state index contributed by atoms with van der Waals surface area (Å²) in [6, 6.07) is 19.5. The summed E-state index contributed by atoms with van der Waals surface area (Å²) in [6.07, 6.45) is 4.70. The smallest absolute Gasteiger partial charge is 0.249 e. The molecule has 0 fully saturated rings. The summed E-state index contributed by atoms with van der Waals surface area (Å²) in [5.74, 6) is 1.03. The van der Waals surface area contributed by atoms with E-state index in [1.54, 1.807) is 36.2 Å². The minimum Gasteiger partial charge on any atom is -0.496 e. The van der Waals surface area contributed by atoms with Crippen LogP contribution < -0.4 is 14.8 Å².